The molecule has 21 heavy (non-hydrogen) atoms. The highest BCUT2D eigenvalue weighted by molar-refractivity contribution is 5.66. The van der Waals surface area contributed by atoms with E-state index in [1.807, 2.05) is 0 Å². The van der Waals surface area contributed by atoms with Crippen LogP contribution in [0.1, 0.15) is 89.9 Å². The van der Waals surface area contributed by atoms with Crippen LogP contribution in [0, 0.1) is 0 Å². The fourth-order valence-electron chi connectivity index (χ4n) is 2.32. The molecular formula is C18H32O3. The average Bonchev–Trinajstić information content (AvgIpc) is 2.46. The smallest absolute Gasteiger partial charge is 0.303 e. The third-order valence-corrected chi connectivity index (χ3v) is 3.62. The fourth-order valence-corrected chi connectivity index (χ4v) is 2.32. The van der Waals surface area contributed by atoms with E-state index in [0.29, 0.717) is 6.42 Å². The summed E-state index contributed by atoms with van der Waals surface area (Å²) in [6.45, 7) is 0. The first-order valence-corrected chi connectivity index (χ1v) is 8.58. The van der Waals surface area contributed by atoms with Gasteiger partial charge in [0.2, 0.25) is 0 Å². The molecule has 0 unspecified atom stereocenters. The topological polar surface area (TPSA) is 54.4 Å². The number of aliphatic carboxylic acids is 1. The standard InChI is InChI=1S/C18H32O3/c19-17-15-13-11-9-7-5-3-1-2-4-6-8-10-12-14-16-18(20)21/h1-2,17H,3-16H2,(H,20,21). The molecule has 0 saturated carbocycles. The Morgan fingerprint density at radius 2 is 1.10 bits per heavy atom. The summed E-state index contributed by atoms with van der Waals surface area (Å²) < 4.78 is 0. The van der Waals surface area contributed by atoms with E-state index in [2.05, 4.69) is 12.2 Å². The Morgan fingerprint density at radius 1 is 0.667 bits per heavy atom. The highest BCUT2D eigenvalue weighted by Crippen LogP contribution is 2.09. The molecule has 122 valence electrons. The molecule has 0 fully saturated rings. The number of carboxylic acids is 1. The van der Waals surface area contributed by atoms with Crippen molar-refractivity contribution in [1.29, 1.82) is 0 Å². The summed E-state index contributed by atoms with van der Waals surface area (Å²) in [7, 11) is 0. The van der Waals surface area contributed by atoms with Crippen LogP contribution in [0.25, 0.3) is 0 Å². The van der Waals surface area contributed by atoms with E-state index in [4.69, 9.17) is 5.11 Å². The lowest BCUT2D eigenvalue weighted by Crippen LogP contribution is -1.93. The van der Waals surface area contributed by atoms with Gasteiger partial charge in [-0.05, 0) is 38.5 Å². The molecule has 0 aromatic carbocycles. The summed E-state index contributed by atoms with van der Waals surface area (Å²) in [5.41, 5.74) is 0. The maximum absolute atomic E-state index is 10.3. The Labute approximate surface area is 129 Å². The van der Waals surface area contributed by atoms with Crippen LogP contribution in [0.5, 0.6) is 0 Å². The lowest BCUT2D eigenvalue weighted by molar-refractivity contribution is -0.137. The van der Waals surface area contributed by atoms with Crippen molar-refractivity contribution in [2.24, 2.45) is 0 Å². The second-order valence-electron chi connectivity index (χ2n) is 5.68. The number of rotatable bonds is 16. The first-order chi connectivity index (χ1) is 10.3. The molecule has 0 amide bonds. The van der Waals surface area contributed by atoms with Gasteiger partial charge < -0.3 is 9.90 Å². The van der Waals surface area contributed by atoms with Crippen LogP contribution in [0.4, 0.5) is 0 Å². The second kappa shape index (κ2) is 16.9. The Kier molecular flexibility index (Phi) is 16.0. The molecule has 0 radical (unpaired) electrons. The Balaban J connectivity index is 3.08. The lowest BCUT2D eigenvalue weighted by Gasteiger charge is -1.99. The highest BCUT2D eigenvalue weighted by Gasteiger charge is 1.95. The fraction of sp³-hybridized carbons (Fsp3) is 0.778. The summed E-state index contributed by atoms with van der Waals surface area (Å²) in [4.78, 5) is 20.5. The summed E-state index contributed by atoms with van der Waals surface area (Å²) in [6.07, 6.45) is 20.4. The molecule has 0 spiro atoms. The van der Waals surface area contributed by atoms with Crippen LogP contribution >= 0.6 is 0 Å². The van der Waals surface area contributed by atoms with Crippen LogP contribution < -0.4 is 0 Å². The van der Waals surface area contributed by atoms with Gasteiger partial charge >= 0.3 is 5.97 Å². The van der Waals surface area contributed by atoms with Gasteiger partial charge in [0.15, 0.2) is 0 Å². The minimum Gasteiger partial charge on any atom is -0.481 e. The minimum absolute atomic E-state index is 0.315. The van der Waals surface area contributed by atoms with Crippen molar-refractivity contribution in [2.75, 3.05) is 0 Å². The van der Waals surface area contributed by atoms with Gasteiger partial charge in [-0.15, -0.1) is 0 Å². The number of unbranched alkanes of at least 4 members (excludes halogenated alkanes) is 11. The molecule has 0 aliphatic heterocycles. The zero-order chi connectivity index (χ0) is 15.6. The van der Waals surface area contributed by atoms with Crippen molar-refractivity contribution in [2.45, 2.75) is 89.9 Å². The molecule has 0 aliphatic carbocycles. The number of carbonyl (C=O) groups is 2. The molecule has 3 heteroatoms. The summed E-state index contributed by atoms with van der Waals surface area (Å²) >= 11 is 0. The molecule has 3 nitrogen and oxygen atoms in total. The third-order valence-electron chi connectivity index (χ3n) is 3.62. The van der Waals surface area contributed by atoms with Gasteiger partial charge in [0, 0.05) is 12.8 Å². The molecule has 0 aromatic rings. The number of allylic oxidation sites excluding steroid dienone is 2. The van der Waals surface area contributed by atoms with Gasteiger partial charge in [0.05, 0.1) is 0 Å². The van der Waals surface area contributed by atoms with Crippen LogP contribution in [-0.2, 0) is 9.59 Å². The SMILES string of the molecule is O=CCCCCCCCC=CCCCCCCCC(=O)O. The monoisotopic (exact) mass is 296 g/mol. The molecule has 1 N–H and O–H groups in total. The summed E-state index contributed by atoms with van der Waals surface area (Å²) in [5.74, 6) is -0.679. The number of carboxylic acid groups (broad SMARTS) is 1. The maximum atomic E-state index is 10.3. The first kappa shape index (κ1) is 19.9. The van der Waals surface area contributed by atoms with Crippen LogP contribution in [0.15, 0.2) is 12.2 Å². The van der Waals surface area contributed by atoms with E-state index in [-0.39, 0.29) is 0 Å². The van der Waals surface area contributed by atoms with E-state index in [9.17, 15) is 9.59 Å². The number of hydrogen-bond donors (Lipinski definition) is 1. The van der Waals surface area contributed by atoms with E-state index in [0.717, 1.165) is 44.8 Å². The van der Waals surface area contributed by atoms with Gasteiger partial charge in [-0.25, -0.2) is 0 Å². The van der Waals surface area contributed by atoms with Crippen LogP contribution in [-0.4, -0.2) is 17.4 Å². The zero-order valence-corrected chi connectivity index (χ0v) is 13.4. The van der Waals surface area contributed by atoms with Gasteiger partial charge in [0.25, 0.3) is 0 Å². The second-order valence-corrected chi connectivity index (χ2v) is 5.68. The van der Waals surface area contributed by atoms with Gasteiger partial charge in [-0.3, -0.25) is 4.79 Å². The van der Waals surface area contributed by atoms with Crippen LogP contribution in [0.2, 0.25) is 0 Å². The number of aldehydes is 1. The Hall–Kier alpha value is -1.12. The lowest BCUT2D eigenvalue weighted by atomic mass is 10.1. The van der Waals surface area contributed by atoms with Gasteiger partial charge in [-0.1, -0.05) is 50.7 Å². The van der Waals surface area contributed by atoms with Gasteiger partial charge in [0.1, 0.15) is 6.29 Å². The quantitative estimate of drug-likeness (QED) is 0.239. The van der Waals surface area contributed by atoms with E-state index in [1.165, 1.54) is 44.9 Å². The van der Waals surface area contributed by atoms with Gasteiger partial charge in [-0.2, -0.15) is 0 Å². The number of hydrogen-bond acceptors (Lipinski definition) is 2. The van der Waals surface area contributed by atoms with Crippen molar-refractivity contribution in [3.8, 4) is 0 Å². The van der Waals surface area contributed by atoms with Crippen LogP contribution in [0.3, 0.4) is 0 Å². The molecule has 0 aliphatic rings. The zero-order valence-electron chi connectivity index (χ0n) is 13.4. The van der Waals surface area contributed by atoms with Crippen molar-refractivity contribution < 1.29 is 14.7 Å². The van der Waals surface area contributed by atoms with E-state index in [1.54, 1.807) is 0 Å². The third kappa shape index (κ3) is 18.9. The minimum atomic E-state index is -0.679. The molecular weight excluding hydrogens is 264 g/mol. The highest BCUT2D eigenvalue weighted by atomic mass is 16.4. The van der Waals surface area contributed by atoms with Crippen molar-refractivity contribution >= 4 is 12.3 Å². The predicted molar refractivity (Wildman–Crippen MR) is 87.5 cm³/mol. The van der Waals surface area contributed by atoms with E-state index >= 15 is 0 Å². The normalized spacial score (nSPS) is 11.0. The average molecular weight is 296 g/mol. The molecule has 0 rings (SSSR count). The summed E-state index contributed by atoms with van der Waals surface area (Å²) in [5, 5.41) is 8.51. The van der Waals surface area contributed by atoms with Crippen molar-refractivity contribution in [3.63, 3.8) is 0 Å². The molecule has 0 saturated heterocycles. The Bertz CT molecular complexity index is 272. The first-order valence-electron chi connectivity index (χ1n) is 8.58. The van der Waals surface area contributed by atoms with Crippen molar-refractivity contribution in [1.82, 2.24) is 0 Å². The predicted octanol–water partition coefficient (Wildman–Crippen LogP) is 5.29. The largest absolute Gasteiger partial charge is 0.481 e. The molecule has 0 atom stereocenters. The maximum Gasteiger partial charge on any atom is 0.303 e. The Morgan fingerprint density at radius 3 is 1.57 bits per heavy atom. The van der Waals surface area contributed by atoms with Crippen molar-refractivity contribution in [3.05, 3.63) is 12.2 Å². The molecule has 0 bridgehead atoms. The number of carbonyl (C=O) groups excluding carboxylic acids is 1. The summed E-state index contributed by atoms with van der Waals surface area (Å²) in [6, 6.07) is 0. The molecule has 0 heterocycles. The van der Waals surface area contributed by atoms with E-state index < -0.39 is 5.97 Å². The molecule has 0 aromatic heterocycles.